The van der Waals surface area contributed by atoms with Crippen LogP contribution in [-0.4, -0.2) is 11.2 Å². The Morgan fingerprint density at radius 1 is 1.38 bits per heavy atom. The molecule has 1 aromatic carbocycles. The number of hydrogen-bond acceptors (Lipinski definition) is 1. The number of amides is 1. The molecule has 0 bridgehead atoms. The van der Waals surface area contributed by atoms with E-state index in [2.05, 4.69) is 47.2 Å². The first-order chi connectivity index (χ1) is 10.0. The van der Waals surface area contributed by atoms with Crippen LogP contribution >= 0.6 is 15.9 Å². The van der Waals surface area contributed by atoms with Crippen LogP contribution < -0.4 is 5.32 Å². The summed E-state index contributed by atoms with van der Waals surface area (Å²) in [6.07, 6.45) is 6.75. The van der Waals surface area contributed by atoms with Crippen LogP contribution in [-0.2, 0) is 11.2 Å². The summed E-state index contributed by atoms with van der Waals surface area (Å²) >= 11 is 3.46. The Morgan fingerprint density at radius 3 is 2.90 bits per heavy atom. The molecule has 0 spiro atoms. The highest BCUT2D eigenvalue weighted by molar-refractivity contribution is 9.09. The molecule has 1 saturated carbocycles. The SMILES string of the molecule is CC1(C)CCCCC1C(=O)Nc1cccc(CCCBr)c1. The number of halogens is 1. The van der Waals surface area contributed by atoms with Gasteiger partial charge in [-0.3, -0.25) is 4.79 Å². The lowest BCUT2D eigenvalue weighted by atomic mass is 9.68. The van der Waals surface area contributed by atoms with Crippen LogP contribution in [0, 0.1) is 11.3 Å². The minimum absolute atomic E-state index is 0.121. The van der Waals surface area contributed by atoms with E-state index in [9.17, 15) is 4.79 Å². The molecular weight excluding hydrogens is 326 g/mol. The van der Waals surface area contributed by atoms with Crippen LogP contribution in [0.2, 0.25) is 0 Å². The zero-order chi connectivity index (χ0) is 15.3. The van der Waals surface area contributed by atoms with E-state index >= 15 is 0 Å². The van der Waals surface area contributed by atoms with Crippen molar-refractivity contribution in [1.82, 2.24) is 0 Å². The Hall–Kier alpha value is -0.830. The van der Waals surface area contributed by atoms with Gasteiger partial charge in [0.15, 0.2) is 0 Å². The molecule has 0 saturated heterocycles. The smallest absolute Gasteiger partial charge is 0.228 e. The van der Waals surface area contributed by atoms with Crippen molar-refractivity contribution in [3.05, 3.63) is 29.8 Å². The lowest BCUT2D eigenvalue weighted by Gasteiger charge is -2.37. The maximum atomic E-state index is 12.6. The monoisotopic (exact) mass is 351 g/mol. The van der Waals surface area contributed by atoms with Gasteiger partial charge in [0.1, 0.15) is 0 Å². The van der Waals surface area contributed by atoms with Crippen LogP contribution in [0.25, 0.3) is 0 Å². The third kappa shape index (κ3) is 4.57. The highest BCUT2D eigenvalue weighted by Crippen LogP contribution is 2.41. The number of benzene rings is 1. The molecule has 116 valence electrons. The molecule has 1 N–H and O–H groups in total. The molecule has 3 heteroatoms. The minimum Gasteiger partial charge on any atom is -0.326 e. The number of carbonyl (C=O) groups excluding carboxylic acids is 1. The van der Waals surface area contributed by atoms with E-state index in [1.165, 1.54) is 18.4 Å². The molecular formula is C18H26BrNO. The average Bonchev–Trinajstić information content (AvgIpc) is 2.45. The number of carbonyl (C=O) groups is 1. The van der Waals surface area contributed by atoms with Crippen LogP contribution in [0.3, 0.4) is 0 Å². The van der Waals surface area contributed by atoms with E-state index in [1.807, 2.05) is 12.1 Å². The Labute approximate surface area is 136 Å². The van der Waals surface area contributed by atoms with Crippen molar-refractivity contribution in [2.24, 2.45) is 11.3 Å². The van der Waals surface area contributed by atoms with Gasteiger partial charge in [-0.25, -0.2) is 0 Å². The lowest BCUT2D eigenvalue weighted by Crippen LogP contribution is -2.37. The van der Waals surface area contributed by atoms with Crippen molar-refractivity contribution in [2.75, 3.05) is 10.6 Å². The van der Waals surface area contributed by atoms with Crippen molar-refractivity contribution in [3.8, 4) is 0 Å². The molecule has 1 amide bonds. The summed E-state index contributed by atoms with van der Waals surface area (Å²) < 4.78 is 0. The molecule has 1 unspecified atom stereocenters. The van der Waals surface area contributed by atoms with E-state index in [0.717, 1.165) is 36.7 Å². The number of rotatable bonds is 5. The number of anilines is 1. The van der Waals surface area contributed by atoms with Crippen molar-refractivity contribution in [2.45, 2.75) is 52.4 Å². The Kier molecular flexibility index (Phi) is 5.86. The van der Waals surface area contributed by atoms with Crippen LogP contribution in [0.4, 0.5) is 5.69 Å². The number of alkyl halides is 1. The number of nitrogens with one attached hydrogen (secondary N) is 1. The summed E-state index contributed by atoms with van der Waals surface area (Å²) in [5, 5.41) is 4.15. The van der Waals surface area contributed by atoms with Gasteiger partial charge in [0, 0.05) is 16.9 Å². The van der Waals surface area contributed by atoms with Gasteiger partial charge in [-0.15, -0.1) is 0 Å². The topological polar surface area (TPSA) is 29.1 Å². The van der Waals surface area contributed by atoms with Crippen LogP contribution in [0.15, 0.2) is 24.3 Å². The summed E-state index contributed by atoms with van der Waals surface area (Å²) in [5.74, 6) is 0.329. The highest BCUT2D eigenvalue weighted by Gasteiger charge is 2.37. The average molecular weight is 352 g/mol. The zero-order valence-corrected chi connectivity index (χ0v) is 14.7. The highest BCUT2D eigenvalue weighted by atomic mass is 79.9. The van der Waals surface area contributed by atoms with Gasteiger partial charge in [-0.1, -0.05) is 54.8 Å². The molecule has 1 fully saturated rings. The molecule has 0 aromatic heterocycles. The molecule has 1 atom stereocenters. The van der Waals surface area contributed by atoms with E-state index < -0.39 is 0 Å². The summed E-state index contributed by atoms with van der Waals surface area (Å²) in [4.78, 5) is 12.6. The minimum atomic E-state index is 0.121. The van der Waals surface area contributed by atoms with Gasteiger partial charge in [-0.05, 0) is 48.8 Å². The second-order valence-electron chi connectivity index (χ2n) is 6.77. The quantitative estimate of drug-likeness (QED) is 0.728. The molecule has 1 aromatic rings. The normalized spacial score (nSPS) is 21.0. The van der Waals surface area contributed by atoms with Crippen LogP contribution in [0.1, 0.15) is 51.5 Å². The van der Waals surface area contributed by atoms with Gasteiger partial charge >= 0.3 is 0 Å². The van der Waals surface area contributed by atoms with Gasteiger partial charge in [0.05, 0.1) is 0 Å². The Morgan fingerprint density at radius 2 is 2.19 bits per heavy atom. The first-order valence-electron chi connectivity index (χ1n) is 7.99. The van der Waals surface area contributed by atoms with Crippen molar-refractivity contribution in [1.29, 1.82) is 0 Å². The van der Waals surface area contributed by atoms with Crippen molar-refractivity contribution >= 4 is 27.5 Å². The second-order valence-corrected chi connectivity index (χ2v) is 7.56. The van der Waals surface area contributed by atoms with Crippen LogP contribution in [0.5, 0.6) is 0 Å². The van der Waals surface area contributed by atoms with Gasteiger partial charge in [0.2, 0.25) is 5.91 Å². The predicted molar refractivity (Wildman–Crippen MR) is 92.9 cm³/mol. The third-order valence-corrected chi connectivity index (χ3v) is 5.18. The van der Waals surface area contributed by atoms with E-state index in [1.54, 1.807) is 0 Å². The van der Waals surface area contributed by atoms with Gasteiger partial charge in [-0.2, -0.15) is 0 Å². The van der Waals surface area contributed by atoms with E-state index in [4.69, 9.17) is 0 Å². The first kappa shape index (κ1) is 16.5. The predicted octanol–water partition coefficient (Wildman–Crippen LogP) is 5.17. The standard InChI is InChI=1S/C18H26BrNO/c1-18(2)11-4-3-10-16(18)17(21)20-15-9-5-7-14(13-15)8-6-12-19/h5,7,9,13,16H,3-4,6,8,10-12H2,1-2H3,(H,20,21). The number of aryl methyl sites for hydroxylation is 1. The van der Waals surface area contributed by atoms with E-state index in [0.29, 0.717) is 0 Å². The zero-order valence-electron chi connectivity index (χ0n) is 13.1. The lowest BCUT2D eigenvalue weighted by molar-refractivity contribution is -0.124. The maximum absolute atomic E-state index is 12.6. The molecule has 1 aliphatic carbocycles. The van der Waals surface area contributed by atoms with Gasteiger partial charge < -0.3 is 5.32 Å². The molecule has 1 aliphatic rings. The summed E-state index contributed by atoms with van der Waals surface area (Å²) in [7, 11) is 0. The first-order valence-corrected chi connectivity index (χ1v) is 9.11. The fourth-order valence-corrected chi connectivity index (χ4v) is 3.57. The summed E-state index contributed by atoms with van der Waals surface area (Å²) in [6.45, 7) is 4.45. The summed E-state index contributed by atoms with van der Waals surface area (Å²) in [5.41, 5.74) is 2.35. The van der Waals surface area contributed by atoms with Gasteiger partial charge in [0.25, 0.3) is 0 Å². The molecule has 0 radical (unpaired) electrons. The molecule has 21 heavy (non-hydrogen) atoms. The fraction of sp³-hybridized carbons (Fsp3) is 0.611. The Bertz CT molecular complexity index is 484. The maximum Gasteiger partial charge on any atom is 0.228 e. The molecule has 0 aliphatic heterocycles. The third-order valence-electron chi connectivity index (χ3n) is 4.62. The summed E-state index contributed by atoms with van der Waals surface area (Å²) in [6, 6.07) is 8.26. The fourth-order valence-electron chi connectivity index (χ4n) is 3.28. The van der Waals surface area contributed by atoms with E-state index in [-0.39, 0.29) is 17.2 Å². The second kappa shape index (κ2) is 7.44. The van der Waals surface area contributed by atoms with Crippen molar-refractivity contribution < 1.29 is 4.79 Å². The van der Waals surface area contributed by atoms with Crippen molar-refractivity contribution in [3.63, 3.8) is 0 Å². The molecule has 2 nitrogen and oxygen atoms in total. The molecule has 0 heterocycles. The Balaban J connectivity index is 2.02. The largest absolute Gasteiger partial charge is 0.326 e. The number of hydrogen-bond donors (Lipinski definition) is 1. The molecule has 2 rings (SSSR count).